The van der Waals surface area contributed by atoms with E-state index < -0.39 is 0 Å². The Morgan fingerprint density at radius 1 is 1.30 bits per heavy atom. The summed E-state index contributed by atoms with van der Waals surface area (Å²) in [5.74, 6) is 2.04. The smallest absolute Gasteiger partial charge is 0.119 e. The van der Waals surface area contributed by atoms with Gasteiger partial charge in [-0.2, -0.15) is 0 Å². The molecule has 0 radical (unpaired) electrons. The zero-order valence-electron chi connectivity index (χ0n) is 11.8. The van der Waals surface area contributed by atoms with Crippen LogP contribution in [0.25, 0.3) is 10.9 Å². The number of piperidine rings is 1. The van der Waals surface area contributed by atoms with E-state index in [0.717, 1.165) is 23.9 Å². The van der Waals surface area contributed by atoms with Crippen LogP contribution in [0.3, 0.4) is 0 Å². The van der Waals surface area contributed by atoms with Crippen LogP contribution in [0.4, 0.5) is 0 Å². The highest BCUT2D eigenvalue weighted by Crippen LogP contribution is 2.50. The third-order valence-electron chi connectivity index (χ3n) is 5.94. The fourth-order valence-electron chi connectivity index (χ4n) is 5.09. The van der Waals surface area contributed by atoms with Crippen molar-refractivity contribution in [3.05, 3.63) is 29.0 Å². The lowest BCUT2D eigenvalue weighted by Crippen LogP contribution is -2.36. The van der Waals surface area contributed by atoms with Crippen LogP contribution in [-0.4, -0.2) is 34.1 Å². The summed E-state index contributed by atoms with van der Waals surface area (Å²) in [4.78, 5) is 6.40. The molecule has 2 fully saturated rings. The molecule has 2 N–H and O–H groups in total. The van der Waals surface area contributed by atoms with Gasteiger partial charge in [0.15, 0.2) is 0 Å². The number of nitrogens with one attached hydrogen (secondary N) is 1. The van der Waals surface area contributed by atoms with E-state index in [-0.39, 0.29) is 0 Å². The molecule has 0 spiro atoms. The maximum absolute atomic E-state index is 10.0. The van der Waals surface area contributed by atoms with Crippen molar-refractivity contribution in [3.8, 4) is 5.75 Å². The fraction of sp³-hybridized carbons (Fsp3) is 0.529. The van der Waals surface area contributed by atoms with Crippen LogP contribution in [0.5, 0.6) is 5.75 Å². The van der Waals surface area contributed by atoms with Gasteiger partial charge in [0.1, 0.15) is 5.75 Å². The van der Waals surface area contributed by atoms with Gasteiger partial charge < -0.3 is 10.1 Å². The van der Waals surface area contributed by atoms with Gasteiger partial charge in [-0.1, -0.05) is 0 Å². The van der Waals surface area contributed by atoms with E-state index in [2.05, 4.69) is 9.88 Å². The Balaban J connectivity index is 1.78. The highest BCUT2D eigenvalue weighted by molar-refractivity contribution is 5.90. The number of H-pyrrole nitrogens is 1. The van der Waals surface area contributed by atoms with Crippen LogP contribution in [0, 0.1) is 12.8 Å². The average Bonchev–Trinajstić information content (AvgIpc) is 3.10. The molecule has 2 bridgehead atoms. The Labute approximate surface area is 118 Å². The third kappa shape index (κ3) is 1.25. The van der Waals surface area contributed by atoms with E-state index in [9.17, 15) is 5.11 Å². The summed E-state index contributed by atoms with van der Waals surface area (Å²) < 4.78 is 0. The molecule has 1 aromatic heterocycles. The molecule has 3 atom stereocenters. The molecular weight excluding hydrogens is 248 g/mol. The number of phenols is 1. The van der Waals surface area contributed by atoms with Crippen molar-refractivity contribution in [2.24, 2.45) is 5.92 Å². The normalized spacial score (nSPS) is 31.8. The fourth-order valence-corrected chi connectivity index (χ4v) is 5.09. The molecule has 0 amide bonds. The SMILES string of the molecule is Cc1c(O)ccc2[nH]c3c(c12)CCN1C[C@H]2C[C@@H]3[C@@H]1C2. The summed E-state index contributed by atoms with van der Waals surface area (Å²) in [7, 11) is 0. The minimum Gasteiger partial charge on any atom is -0.508 e. The number of aromatic hydroxyl groups is 1. The van der Waals surface area contributed by atoms with Crippen LogP contribution in [0.2, 0.25) is 0 Å². The number of phenolic OH excluding ortho intramolecular Hbond substituents is 1. The van der Waals surface area contributed by atoms with E-state index in [1.54, 1.807) is 0 Å². The molecule has 3 nitrogen and oxygen atoms in total. The summed E-state index contributed by atoms with van der Waals surface area (Å²) >= 11 is 0. The first kappa shape index (κ1) is 11.2. The average molecular weight is 268 g/mol. The number of hydrogen-bond donors (Lipinski definition) is 2. The van der Waals surface area contributed by atoms with Crippen LogP contribution in [0.1, 0.15) is 35.6 Å². The standard InChI is InChI=1S/C17H20N2O/c1-9-15(20)3-2-13-16(9)11-4-5-19-8-10-6-12(14(19)7-10)17(11)18-13/h2-3,10,12,14,18,20H,4-8H2,1H3/t10-,12+,14-/m0/s1. The first-order valence-electron chi connectivity index (χ1n) is 7.79. The van der Waals surface area contributed by atoms with Gasteiger partial charge >= 0.3 is 0 Å². The maximum Gasteiger partial charge on any atom is 0.119 e. The maximum atomic E-state index is 10.0. The Morgan fingerprint density at radius 3 is 3.05 bits per heavy atom. The van der Waals surface area contributed by atoms with E-state index in [1.807, 2.05) is 19.1 Å². The predicted octanol–water partition coefficient (Wildman–Crippen LogP) is 2.92. The van der Waals surface area contributed by atoms with Gasteiger partial charge in [-0.05, 0) is 49.8 Å². The van der Waals surface area contributed by atoms with E-state index in [0.29, 0.717) is 11.7 Å². The molecule has 2 aromatic rings. The summed E-state index contributed by atoms with van der Waals surface area (Å²) in [6, 6.07) is 4.63. The number of hydrogen-bond acceptors (Lipinski definition) is 2. The second kappa shape index (κ2) is 3.59. The summed E-state index contributed by atoms with van der Waals surface area (Å²) in [6.07, 6.45) is 3.87. The van der Waals surface area contributed by atoms with E-state index >= 15 is 0 Å². The second-order valence-electron chi connectivity index (χ2n) is 6.91. The number of fused-ring (bicyclic) bond motifs is 5. The van der Waals surface area contributed by atoms with Gasteiger partial charge in [0.2, 0.25) is 0 Å². The highest BCUT2D eigenvalue weighted by Gasteiger charge is 2.47. The van der Waals surface area contributed by atoms with Crippen LogP contribution in [0.15, 0.2) is 12.1 Å². The highest BCUT2D eigenvalue weighted by atomic mass is 16.3. The van der Waals surface area contributed by atoms with Gasteiger partial charge in [-0.3, -0.25) is 4.90 Å². The number of rotatable bonds is 0. The third-order valence-corrected chi connectivity index (χ3v) is 5.94. The zero-order valence-corrected chi connectivity index (χ0v) is 11.8. The molecule has 104 valence electrons. The van der Waals surface area contributed by atoms with Gasteiger partial charge in [0, 0.05) is 47.2 Å². The number of benzene rings is 1. The quantitative estimate of drug-likeness (QED) is 0.771. The molecule has 0 unspecified atom stereocenters. The number of aromatic amines is 1. The van der Waals surface area contributed by atoms with Crippen molar-refractivity contribution in [1.29, 1.82) is 0 Å². The summed E-state index contributed by atoms with van der Waals surface area (Å²) in [6.45, 7) is 4.54. The van der Waals surface area contributed by atoms with Gasteiger partial charge in [-0.25, -0.2) is 0 Å². The Kier molecular flexibility index (Phi) is 2.01. The molecule has 1 aromatic carbocycles. The first-order chi connectivity index (χ1) is 9.72. The lowest BCUT2D eigenvalue weighted by molar-refractivity contribution is 0.201. The number of aryl methyl sites for hydroxylation is 1. The molecule has 3 aliphatic rings. The van der Waals surface area contributed by atoms with E-state index in [1.165, 1.54) is 48.1 Å². The van der Waals surface area contributed by atoms with Crippen LogP contribution >= 0.6 is 0 Å². The molecule has 1 aliphatic carbocycles. The van der Waals surface area contributed by atoms with Crippen molar-refractivity contribution < 1.29 is 5.11 Å². The van der Waals surface area contributed by atoms with E-state index in [4.69, 9.17) is 0 Å². The molecular formula is C17H20N2O. The number of aromatic nitrogens is 1. The zero-order chi connectivity index (χ0) is 13.4. The van der Waals surface area contributed by atoms with Crippen LogP contribution < -0.4 is 0 Å². The molecule has 5 rings (SSSR count). The Hall–Kier alpha value is -1.48. The Morgan fingerprint density at radius 2 is 2.20 bits per heavy atom. The van der Waals surface area contributed by atoms with Crippen molar-refractivity contribution in [3.63, 3.8) is 0 Å². The van der Waals surface area contributed by atoms with Gasteiger partial charge in [0.05, 0.1) is 0 Å². The second-order valence-corrected chi connectivity index (χ2v) is 6.91. The van der Waals surface area contributed by atoms with Crippen molar-refractivity contribution >= 4 is 10.9 Å². The van der Waals surface area contributed by atoms with Crippen molar-refractivity contribution in [2.45, 2.75) is 38.1 Å². The molecule has 20 heavy (non-hydrogen) atoms. The lowest BCUT2D eigenvalue weighted by Gasteiger charge is -2.30. The predicted molar refractivity (Wildman–Crippen MR) is 79.2 cm³/mol. The molecule has 1 saturated carbocycles. The molecule has 3 heterocycles. The first-order valence-corrected chi connectivity index (χ1v) is 7.79. The Bertz CT molecular complexity index is 717. The molecule has 2 aliphatic heterocycles. The number of nitrogens with zero attached hydrogens (tertiary/aromatic N) is 1. The van der Waals surface area contributed by atoms with Gasteiger partial charge in [-0.15, -0.1) is 0 Å². The molecule has 1 saturated heterocycles. The van der Waals surface area contributed by atoms with Crippen molar-refractivity contribution in [1.82, 2.24) is 9.88 Å². The minimum absolute atomic E-state index is 0.427. The largest absolute Gasteiger partial charge is 0.508 e. The minimum atomic E-state index is 0.427. The lowest BCUT2D eigenvalue weighted by atomic mass is 9.93. The summed E-state index contributed by atoms with van der Waals surface area (Å²) in [5.41, 5.74) is 5.21. The topological polar surface area (TPSA) is 39.3 Å². The van der Waals surface area contributed by atoms with Gasteiger partial charge in [0.25, 0.3) is 0 Å². The molecule has 3 heteroatoms. The monoisotopic (exact) mass is 268 g/mol. The van der Waals surface area contributed by atoms with Crippen molar-refractivity contribution in [2.75, 3.05) is 13.1 Å². The summed E-state index contributed by atoms with van der Waals surface area (Å²) in [5, 5.41) is 11.3. The van der Waals surface area contributed by atoms with Crippen LogP contribution in [-0.2, 0) is 6.42 Å².